The largest absolute Gasteiger partial charge is 0.462 e. The lowest BCUT2D eigenvalue weighted by atomic mass is 9.78. The quantitative estimate of drug-likeness (QED) is 0.277. The summed E-state index contributed by atoms with van der Waals surface area (Å²) < 4.78 is 29.3. The van der Waals surface area contributed by atoms with Gasteiger partial charge in [0.25, 0.3) is 11.7 Å². The zero-order chi connectivity index (χ0) is 42.2. The Morgan fingerprint density at radius 2 is 1.55 bits per heavy atom. The minimum absolute atomic E-state index is 0.0622. The first-order chi connectivity index (χ1) is 26.0. The number of hydrogen-bond acceptors (Lipinski definition) is 13. The molecule has 1 aromatic rings. The number of carbonyl (C=O) groups is 6. The van der Waals surface area contributed by atoms with Gasteiger partial charge in [0.05, 0.1) is 52.4 Å². The van der Waals surface area contributed by atoms with Crippen LogP contribution in [0.1, 0.15) is 106 Å². The van der Waals surface area contributed by atoms with E-state index < -0.39 is 106 Å². The molecule has 4 aliphatic rings. The van der Waals surface area contributed by atoms with E-state index in [4.69, 9.17) is 23.7 Å². The molecule has 3 heterocycles. The third-order valence-electron chi connectivity index (χ3n) is 10.6. The van der Waals surface area contributed by atoms with Gasteiger partial charge in [0.15, 0.2) is 5.78 Å². The maximum atomic E-state index is 14.2. The number of methoxy groups -OCH3 is 1. The van der Waals surface area contributed by atoms with E-state index >= 15 is 0 Å². The van der Waals surface area contributed by atoms with Crippen molar-refractivity contribution in [1.82, 2.24) is 5.32 Å². The topological polar surface area (TPSA) is 201 Å². The van der Waals surface area contributed by atoms with E-state index in [-0.39, 0.29) is 33.8 Å². The van der Waals surface area contributed by atoms with Crippen molar-refractivity contribution in [1.29, 1.82) is 0 Å². The third-order valence-corrected chi connectivity index (χ3v) is 10.6. The zero-order valence-electron chi connectivity index (χ0n) is 34.0. The van der Waals surface area contributed by atoms with Crippen LogP contribution in [0.4, 0.5) is 0 Å². The summed E-state index contributed by atoms with van der Waals surface area (Å²) in [5.41, 5.74) is -2.30. The van der Waals surface area contributed by atoms with Gasteiger partial charge in [0.2, 0.25) is 5.78 Å². The summed E-state index contributed by atoms with van der Waals surface area (Å²) in [6.07, 6.45) is 4.23. The van der Waals surface area contributed by atoms with Gasteiger partial charge in [-0.15, -0.1) is 0 Å². The predicted octanol–water partition coefficient (Wildman–Crippen LogP) is 4.88. The van der Waals surface area contributed by atoms with Gasteiger partial charge in [-0.3, -0.25) is 28.8 Å². The summed E-state index contributed by atoms with van der Waals surface area (Å²) in [5, 5.41) is 25.2. The molecule has 0 saturated carbocycles. The first-order valence-corrected chi connectivity index (χ1v) is 18.5. The van der Waals surface area contributed by atoms with E-state index in [1.165, 1.54) is 47.0 Å². The minimum Gasteiger partial charge on any atom is -0.462 e. The van der Waals surface area contributed by atoms with Crippen molar-refractivity contribution in [2.45, 2.75) is 106 Å². The molecule has 9 atom stereocenters. The Labute approximate surface area is 326 Å². The molecular weight excluding hydrogens is 726 g/mol. The molecule has 304 valence electrons. The number of nitrogens with one attached hydrogen (secondary N) is 1. The van der Waals surface area contributed by atoms with Crippen LogP contribution in [-0.2, 0) is 28.6 Å². The molecule has 1 aromatic carbocycles. The second-order valence-corrected chi connectivity index (χ2v) is 16.0. The van der Waals surface area contributed by atoms with Gasteiger partial charge in [-0.2, -0.15) is 0 Å². The molecule has 1 amide bonds. The number of aliphatic hydroxyl groups excluding tert-OH is 2. The average Bonchev–Trinajstić information content (AvgIpc) is 3.39. The highest BCUT2D eigenvalue weighted by molar-refractivity contribution is 6.31. The van der Waals surface area contributed by atoms with Gasteiger partial charge in [-0.05, 0) is 40.7 Å². The zero-order valence-corrected chi connectivity index (χ0v) is 34.0. The molecule has 0 fully saturated rings. The monoisotopic (exact) mass is 779 g/mol. The number of aliphatic hydroxyl groups is 2. The molecule has 0 radical (unpaired) electrons. The number of ketones is 3. The number of rotatable bonds is 3. The Morgan fingerprint density at radius 3 is 2.14 bits per heavy atom. The number of ether oxygens (including phenoxy) is 5. The van der Waals surface area contributed by atoms with Gasteiger partial charge in [-0.1, -0.05) is 45.9 Å². The van der Waals surface area contributed by atoms with Gasteiger partial charge in [0.1, 0.15) is 17.6 Å². The highest BCUT2D eigenvalue weighted by atomic mass is 16.7. The van der Waals surface area contributed by atoms with E-state index in [0.717, 1.165) is 12.3 Å². The molecule has 0 spiro atoms. The Bertz CT molecular complexity index is 1930. The van der Waals surface area contributed by atoms with Crippen molar-refractivity contribution >= 4 is 35.2 Å². The summed E-state index contributed by atoms with van der Waals surface area (Å²) >= 11 is 0. The predicted molar refractivity (Wildman–Crippen MR) is 203 cm³/mol. The van der Waals surface area contributed by atoms with Crippen LogP contribution in [0.3, 0.4) is 0 Å². The fourth-order valence-corrected chi connectivity index (χ4v) is 6.98. The molecule has 5 bridgehead atoms. The molecule has 14 heteroatoms. The Kier molecular flexibility index (Phi) is 13.0. The van der Waals surface area contributed by atoms with E-state index in [2.05, 4.69) is 5.32 Å². The third kappa shape index (κ3) is 8.57. The van der Waals surface area contributed by atoms with Crippen molar-refractivity contribution in [2.24, 2.45) is 29.1 Å². The number of esters is 2. The van der Waals surface area contributed by atoms with Crippen molar-refractivity contribution in [3.05, 3.63) is 70.2 Å². The van der Waals surface area contributed by atoms with Crippen LogP contribution >= 0.6 is 0 Å². The van der Waals surface area contributed by atoms with Crippen LogP contribution in [0.25, 0.3) is 0 Å². The number of carbonyl (C=O) groups excluding carboxylic acids is 6. The number of fused-ring (bicyclic) bond motifs is 14. The van der Waals surface area contributed by atoms with E-state index in [1.54, 1.807) is 60.6 Å². The summed E-state index contributed by atoms with van der Waals surface area (Å²) in [4.78, 5) is 81.2. The highest BCUT2D eigenvalue weighted by Gasteiger charge is 2.52. The molecule has 0 saturated heterocycles. The fraction of sp³-hybridized carbons (Fsp3) is 0.524. The van der Waals surface area contributed by atoms with Crippen LogP contribution in [0.5, 0.6) is 11.5 Å². The maximum absolute atomic E-state index is 14.2. The van der Waals surface area contributed by atoms with Crippen molar-refractivity contribution in [3.8, 4) is 11.5 Å². The summed E-state index contributed by atoms with van der Waals surface area (Å²) in [5.74, 6) is -9.66. The summed E-state index contributed by atoms with van der Waals surface area (Å²) in [6.45, 7) is 17.1. The SMILES string of the molecule is CO[C@H]1/C=C/O[C@@]2(C)Oc3c(C)c(OC(=O)C(C)(C)C)c4c(c3C2=O)C(=O)C=C(NC(=O)/C(C)=C\C=C\[C@H](C)[C@H](O)[C@@H](C)[C@H](O)[C@H](C)[C@H](OC(C)=O)[C@@H]1C)C4=O. The normalized spacial score (nSPS) is 32.2. The Hall–Kier alpha value is -4.92. The standard InChI is InChI=1S/C42H53NO13/c1-19-14-13-15-20(2)39(50)43-26-18-27(45)29-30(34(26)48)36(55-40(51)41(8,9)10)24(6)37-31(29)38(49)42(11,56-37)53-17-16-28(52-12)21(3)35(54-25(7)44)23(5)33(47)22(4)32(19)46/h13-19,21-23,28,32-33,35,46-47H,1-12H3,(H,43,50)/b14-13+,17-16+,20-15-/t19-,21+,22+,23-,28-,32-,33-,35+,42-/m0/s1. The van der Waals surface area contributed by atoms with Crippen molar-refractivity contribution in [3.63, 3.8) is 0 Å². The molecular formula is C42H53NO13. The summed E-state index contributed by atoms with van der Waals surface area (Å²) in [7, 11) is 1.42. The lowest BCUT2D eigenvalue weighted by Gasteiger charge is -2.38. The smallest absolute Gasteiger partial charge is 0.316 e. The molecule has 0 unspecified atom stereocenters. The van der Waals surface area contributed by atoms with Crippen LogP contribution < -0.4 is 14.8 Å². The van der Waals surface area contributed by atoms with E-state index in [1.807, 2.05) is 0 Å². The van der Waals surface area contributed by atoms with E-state index in [0.29, 0.717) is 0 Å². The minimum atomic E-state index is -2.09. The molecule has 56 heavy (non-hydrogen) atoms. The molecule has 3 N–H and O–H groups in total. The maximum Gasteiger partial charge on any atom is 0.316 e. The molecule has 5 rings (SSSR count). The molecule has 1 aliphatic carbocycles. The molecule has 14 nitrogen and oxygen atoms in total. The lowest BCUT2D eigenvalue weighted by molar-refractivity contribution is -0.160. The van der Waals surface area contributed by atoms with Gasteiger partial charge < -0.3 is 39.2 Å². The molecule has 0 aromatic heterocycles. The Morgan fingerprint density at radius 1 is 0.911 bits per heavy atom. The summed E-state index contributed by atoms with van der Waals surface area (Å²) in [6, 6.07) is 0. The van der Waals surface area contributed by atoms with E-state index in [9.17, 15) is 39.0 Å². The number of amides is 1. The van der Waals surface area contributed by atoms with Gasteiger partial charge in [-0.25, -0.2) is 0 Å². The van der Waals surface area contributed by atoms with Crippen LogP contribution in [0.2, 0.25) is 0 Å². The molecule has 3 aliphatic heterocycles. The van der Waals surface area contributed by atoms with Crippen molar-refractivity contribution in [2.75, 3.05) is 7.11 Å². The first kappa shape index (κ1) is 43.8. The number of Topliss-reactive ketones (excluding diaryl/α,β-unsaturated/α-hetero) is 2. The number of hydrogen-bond donors (Lipinski definition) is 3. The highest BCUT2D eigenvalue weighted by Crippen LogP contribution is 2.48. The fourth-order valence-electron chi connectivity index (χ4n) is 6.98. The lowest BCUT2D eigenvalue weighted by Crippen LogP contribution is -2.46. The average molecular weight is 780 g/mol. The second kappa shape index (κ2) is 16.7. The van der Waals surface area contributed by atoms with Crippen LogP contribution in [-0.4, -0.2) is 82.7 Å². The number of benzene rings is 1. The van der Waals surface area contributed by atoms with Gasteiger partial charge in [0, 0.05) is 61.8 Å². The Balaban J connectivity index is 1.91. The van der Waals surface area contributed by atoms with Crippen LogP contribution in [0, 0.1) is 36.0 Å². The van der Waals surface area contributed by atoms with Crippen molar-refractivity contribution < 1.29 is 62.7 Å². The van der Waals surface area contributed by atoms with Crippen LogP contribution in [0.15, 0.2) is 47.9 Å². The van der Waals surface area contributed by atoms with Gasteiger partial charge >= 0.3 is 17.7 Å². The number of allylic oxidation sites excluding steroid dienone is 4. The second-order valence-electron chi connectivity index (χ2n) is 16.0. The first-order valence-electron chi connectivity index (χ1n) is 18.5.